The van der Waals surface area contributed by atoms with E-state index in [1.807, 2.05) is 0 Å². The second-order valence-corrected chi connectivity index (χ2v) is 5.35. The number of nitrogens with zero attached hydrogens (tertiary/aromatic N) is 1. The van der Waals surface area contributed by atoms with Gasteiger partial charge in [0.25, 0.3) is 0 Å². The van der Waals surface area contributed by atoms with Crippen molar-refractivity contribution in [3.63, 3.8) is 0 Å². The van der Waals surface area contributed by atoms with Crippen LogP contribution in [0.5, 0.6) is 0 Å². The van der Waals surface area contributed by atoms with E-state index in [0.29, 0.717) is 6.42 Å². The van der Waals surface area contributed by atoms with Crippen LogP contribution in [0, 0.1) is 5.41 Å². The Balaban J connectivity index is 2.57. The Bertz CT molecular complexity index is 241. The summed E-state index contributed by atoms with van der Waals surface area (Å²) in [5, 5.41) is 3.46. The molecule has 0 saturated carbocycles. The van der Waals surface area contributed by atoms with E-state index in [9.17, 15) is 4.79 Å². The zero-order chi connectivity index (χ0) is 12.2. The maximum Gasteiger partial charge on any atom is 0.307 e. The molecule has 0 aliphatic carbocycles. The molecule has 0 aromatic heterocycles. The Kier molecular flexibility index (Phi) is 4.74. The molecule has 1 aliphatic heterocycles. The highest BCUT2D eigenvalue weighted by molar-refractivity contribution is 5.69. The maximum absolute atomic E-state index is 11.3. The monoisotopic (exact) mass is 228 g/mol. The van der Waals surface area contributed by atoms with E-state index in [1.54, 1.807) is 0 Å². The van der Waals surface area contributed by atoms with Crippen LogP contribution in [0.2, 0.25) is 0 Å². The molecule has 0 amide bonds. The lowest BCUT2D eigenvalue weighted by Crippen LogP contribution is -2.39. The molecule has 4 heteroatoms. The van der Waals surface area contributed by atoms with E-state index < -0.39 is 0 Å². The minimum Gasteiger partial charge on any atom is -0.469 e. The average Bonchev–Trinajstić information content (AvgIpc) is 2.37. The molecule has 4 nitrogen and oxygen atoms in total. The summed E-state index contributed by atoms with van der Waals surface area (Å²) in [6.07, 6.45) is 0.461. The molecule has 0 bridgehead atoms. The largest absolute Gasteiger partial charge is 0.469 e. The van der Waals surface area contributed by atoms with Crippen molar-refractivity contribution in [3.05, 3.63) is 0 Å². The van der Waals surface area contributed by atoms with Gasteiger partial charge in [0.2, 0.25) is 0 Å². The fraction of sp³-hybridized carbons (Fsp3) is 0.917. The third-order valence-electron chi connectivity index (χ3n) is 3.09. The molecule has 0 aromatic carbocycles. The van der Waals surface area contributed by atoms with Crippen molar-refractivity contribution in [1.29, 1.82) is 0 Å². The molecule has 1 N–H and O–H groups in total. The van der Waals surface area contributed by atoms with Gasteiger partial charge in [-0.05, 0) is 12.0 Å². The molecular formula is C12H24N2O2. The van der Waals surface area contributed by atoms with Crippen LogP contribution >= 0.6 is 0 Å². The van der Waals surface area contributed by atoms with Gasteiger partial charge in [-0.2, -0.15) is 0 Å². The summed E-state index contributed by atoms with van der Waals surface area (Å²) in [5.41, 5.74) is 0.265. The molecule has 1 saturated heterocycles. The number of hydrogen-bond donors (Lipinski definition) is 1. The van der Waals surface area contributed by atoms with Crippen LogP contribution < -0.4 is 5.32 Å². The number of hydrogen-bond acceptors (Lipinski definition) is 4. The van der Waals surface area contributed by atoms with E-state index in [2.05, 4.69) is 31.0 Å². The van der Waals surface area contributed by atoms with Crippen LogP contribution in [0.3, 0.4) is 0 Å². The summed E-state index contributed by atoms with van der Waals surface area (Å²) in [4.78, 5) is 13.7. The van der Waals surface area contributed by atoms with Gasteiger partial charge in [-0.15, -0.1) is 0 Å². The molecule has 1 rings (SSSR count). The van der Waals surface area contributed by atoms with E-state index >= 15 is 0 Å². The van der Waals surface area contributed by atoms with Gasteiger partial charge in [-0.1, -0.05) is 20.8 Å². The fourth-order valence-electron chi connectivity index (χ4n) is 2.18. The minimum atomic E-state index is -0.131. The summed E-state index contributed by atoms with van der Waals surface area (Å²) < 4.78 is 4.72. The Hall–Kier alpha value is -0.610. The number of likely N-dealkylation sites (N-methyl/N-ethyl adjacent to an activating group) is 1. The smallest absolute Gasteiger partial charge is 0.307 e. The van der Waals surface area contributed by atoms with Crippen molar-refractivity contribution in [2.24, 2.45) is 5.41 Å². The lowest BCUT2D eigenvalue weighted by atomic mass is 9.93. The van der Waals surface area contributed by atoms with E-state index in [4.69, 9.17) is 4.74 Å². The zero-order valence-corrected chi connectivity index (χ0v) is 10.9. The van der Waals surface area contributed by atoms with E-state index in [1.165, 1.54) is 7.11 Å². The fourth-order valence-corrected chi connectivity index (χ4v) is 2.18. The maximum atomic E-state index is 11.3. The molecule has 1 fully saturated rings. The van der Waals surface area contributed by atoms with E-state index in [0.717, 1.165) is 26.2 Å². The molecule has 94 valence electrons. The molecule has 1 heterocycles. The molecule has 0 aromatic rings. The standard InChI is InChI=1S/C12H24N2O2/c1-5-14-7-10(6-11(15)16-4)13-8-12(2,3)9-14/h10,13H,5-9H2,1-4H3. The van der Waals surface area contributed by atoms with Gasteiger partial charge in [0.1, 0.15) is 0 Å². The lowest BCUT2D eigenvalue weighted by molar-refractivity contribution is -0.141. The average molecular weight is 228 g/mol. The molecule has 0 spiro atoms. The highest BCUT2D eigenvalue weighted by Crippen LogP contribution is 2.19. The van der Waals surface area contributed by atoms with Gasteiger partial charge >= 0.3 is 5.97 Å². The quantitative estimate of drug-likeness (QED) is 0.728. The third-order valence-corrected chi connectivity index (χ3v) is 3.09. The van der Waals surface area contributed by atoms with Crippen LogP contribution in [-0.2, 0) is 9.53 Å². The first-order valence-corrected chi connectivity index (χ1v) is 5.99. The zero-order valence-electron chi connectivity index (χ0n) is 10.9. The van der Waals surface area contributed by atoms with Gasteiger partial charge in [-0.3, -0.25) is 4.79 Å². The van der Waals surface area contributed by atoms with Crippen LogP contribution in [0.25, 0.3) is 0 Å². The van der Waals surface area contributed by atoms with Gasteiger partial charge in [0.15, 0.2) is 0 Å². The van der Waals surface area contributed by atoms with Crippen molar-refractivity contribution in [3.8, 4) is 0 Å². The van der Waals surface area contributed by atoms with Gasteiger partial charge in [-0.25, -0.2) is 0 Å². The lowest BCUT2D eigenvalue weighted by Gasteiger charge is -2.27. The molecule has 0 radical (unpaired) electrons. The van der Waals surface area contributed by atoms with Crippen LogP contribution in [0.15, 0.2) is 0 Å². The number of carbonyl (C=O) groups is 1. The summed E-state index contributed by atoms with van der Waals surface area (Å²) >= 11 is 0. The van der Waals surface area contributed by atoms with Crippen molar-refractivity contribution >= 4 is 5.97 Å². The second-order valence-electron chi connectivity index (χ2n) is 5.35. The first kappa shape index (κ1) is 13.5. The summed E-state index contributed by atoms with van der Waals surface area (Å²) in [7, 11) is 1.45. The van der Waals surface area contributed by atoms with E-state index in [-0.39, 0.29) is 17.4 Å². The number of carbonyl (C=O) groups excluding carboxylic acids is 1. The first-order chi connectivity index (χ1) is 7.46. The Morgan fingerprint density at radius 1 is 1.56 bits per heavy atom. The predicted octanol–water partition coefficient (Wildman–Crippen LogP) is 0.869. The Labute approximate surface area is 98.3 Å². The van der Waals surface area contributed by atoms with Crippen molar-refractivity contribution in [2.45, 2.75) is 33.2 Å². The first-order valence-electron chi connectivity index (χ1n) is 5.99. The Morgan fingerprint density at radius 2 is 2.25 bits per heavy atom. The summed E-state index contributed by atoms with van der Waals surface area (Å²) in [5.74, 6) is -0.131. The normalized spacial score (nSPS) is 26.1. The highest BCUT2D eigenvalue weighted by Gasteiger charge is 2.28. The molecule has 1 unspecified atom stereocenters. The van der Waals surface area contributed by atoms with Crippen LogP contribution in [0.4, 0.5) is 0 Å². The highest BCUT2D eigenvalue weighted by atomic mass is 16.5. The molecule has 1 atom stereocenters. The number of nitrogens with one attached hydrogen (secondary N) is 1. The third kappa shape index (κ3) is 4.10. The summed E-state index contributed by atoms with van der Waals surface area (Å²) in [6.45, 7) is 10.7. The Morgan fingerprint density at radius 3 is 2.81 bits per heavy atom. The van der Waals surface area contributed by atoms with Crippen LogP contribution in [-0.4, -0.2) is 50.2 Å². The molecule has 1 aliphatic rings. The van der Waals surface area contributed by atoms with Gasteiger partial charge < -0.3 is 15.0 Å². The van der Waals surface area contributed by atoms with Crippen molar-refractivity contribution in [1.82, 2.24) is 10.2 Å². The topological polar surface area (TPSA) is 41.6 Å². The van der Waals surface area contributed by atoms with Gasteiger partial charge in [0, 0.05) is 25.7 Å². The SMILES string of the molecule is CCN1CC(CC(=O)OC)NCC(C)(C)C1. The number of rotatable bonds is 3. The number of esters is 1. The number of methoxy groups -OCH3 is 1. The molecule has 16 heavy (non-hydrogen) atoms. The van der Waals surface area contributed by atoms with Crippen LogP contribution in [0.1, 0.15) is 27.2 Å². The second kappa shape index (κ2) is 5.64. The van der Waals surface area contributed by atoms with Crippen molar-refractivity contribution in [2.75, 3.05) is 33.3 Å². The van der Waals surface area contributed by atoms with Gasteiger partial charge in [0.05, 0.1) is 13.5 Å². The molecular weight excluding hydrogens is 204 g/mol. The summed E-state index contributed by atoms with van der Waals surface area (Å²) in [6, 6.07) is 0.217. The predicted molar refractivity (Wildman–Crippen MR) is 64.3 cm³/mol. The number of ether oxygens (including phenoxy) is 1. The minimum absolute atomic E-state index is 0.131. The van der Waals surface area contributed by atoms with Crippen molar-refractivity contribution < 1.29 is 9.53 Å².